The van der Waals surface area contributed by atoms with Gasteiger partial charge in [0.15, 0.2) is 0 Å². The Bertz CT molecular complexity index is 1060. The van der Waals surface area contributed by atoms with Gasteiger partial charge < -0.3 is 15.5 Å². The van der Waals surface area contributed by atoms with Gasteiger partial charge in [-0.1, -0.05) is 16.8 Å². The van der Waals surface area contributed by atoms with E-state index in [9.17, 15) is 22.4 Å². The van der Waals surface area contributed by atoms with Crippen molar-refractivity contribution in [2.75, 3.05) is 16.9 Å². The lowest BCUT2D eigenvalue weighted by Crippen LogP contribution is -2.55. The van der Waals surface area contributed by atoms with Crippen LogP contribution >= 0.6 is 11.6 Å². The molecule has 3 N–H and O–H groups in total. The molecule has 2 aromatic rings. The highest BCUT2D eigenvalue weighted by molar-refractivity contribution is 6.33. The molecule has 0 radical (unpaired) electrons. The molecule has 2 aliphatic heterocycles. The summed E-state index contributed by atoms with van der Waals surface area (Å²) in [5, 5.41) is 10.7. The van der Waals surface area contributed by atoms with E-state index in [0.717, 1.165) is 6.07 Å². The zero-order chi connectivity index (χ0) is 23.1. The highest BCUT2D eigenvalue weighted by Gasteiger charge is 2.46. The summed E-state index contributed by atoms with van der Waals surface area (Å²) in [6.45, 7) is 1.86. The molecule has 8 nitrogen and oxygen atoms in total. The monoisotopic (exact) mass is 472 g/mol. The molecule has 32 heavy (non-hydrogen) atoms. The maximum Gasteiger partial charge on any atom is 0.417 e. The largest absolute Gasteiger partial charge is 0.417 e. The predicted molar refractivity (Wildman–Crippen MR) is 109 cm³/mol. The zero-order valence-corrected chi connectivity index (χ0v) is 17.3. The smallest absolute Gasteiger partial charge is 0.390 e. The van der Waals surface area contributed by atoms with Crippen molar-refractivity contribution in [3.05, 3.63) is 52.9 Å². The minimum absolute atomic E-state index is 0.0812. The molecule has 2 atom stereocenters. The molecular weight excluding hydrogens is 456 g/mol. The third-order valence-corrected chi connectivity index (χ3v) is 5.24. The lowest BCUT2D eigenvalue weighted by molar-refractivity contribution is -0.137. The van der Waals surface area contributed by atoms with Gasteiger partial charge in [0.1, 0.15) is 29.1 Å². The first-order valence-electron chi connectivity index (χ1n) is 9.40. The lowest BCUT2D eigenvalue weighted by Gasteiger charge is -2.24. The van der Waals surface area contributed by atoms with Gasteiger partial charge in [0, 0.05) is 12.6 Å². The number of alkyl halides is 3. The number of nitrogens with one attached hydrogen (secondary N) is 3. The molecule has 2 aliphatic rings. The van der Waals surface area contributed by atoms with Crippen LogP contribution < -0.4 is 21.1 Å². The number of hydrazine groups is 1. The quantitative estimate of drug-likeness (QED) is 0.574. The Kier molecular flexibility index (Phi) is 5.59. The van der Waals surface area contributed by atoms with E-state index < -0.39 is 35.4 Å². The van der Waals surface area contributed by atoms with Crippen molar-refractivity contribution in [1.82, 2.24) is 15.7 Å². The van der Waals surface area contributed by atoms with E-state index in [1.807, 2.05) is 0 Å². The fourth-order valence-electron chi connectivity index (χ4n) is 3.25. The zero-order valence-electron chi connectivity index (χ0n) is 16.5. The van der Waals surface area contributed by atoms with E-state index in [0.29, 0.717) is 24.0 Å². The Hall–Kier alpha value is -3.12. The summed E-state index contributed by atoms with van der Waals surface area (Å²) in [5.41, 5.74) is 1.93. The molecule has 4 rings (SSSR count). The molecule has 0 aliphatic carbocycles. The summed E-state index contributed by atoms with van der Waals surface area (Å²) in [6, 6.07) is 5.71. The van der Waals surface area contributed by atoms with Gasteiger partial charge in [-0.05, 0) is 37.3 Å². The number of anilines is 2. The van der Waals surface area contributed by atoms with Crippen LogP contribution in [0.25, 0.3) is 0 Å². The summed E-state index contributed by atoms with van der Waals surface area (Å²) in [5.74, 6) is -0.347. The number of carbonyl (C=O) groups is 1. The van der Waals surface area contributed by atoms with Crippen LogP contribution in [0.1, 0.15) is 18.9 Å². The number of amides is 2. The van der Waals surface area contributed by atoms with E-state index >= 15 is 0 Å². The van der Waals surface area contributed by atoms with E-state index in [2.05, 4.69) is 26.2 Å². The van der Waals surface area contributed by atoms with Crippen LogP contribution in [-0.4, -0.2) is 35.0 Å². The van der Waals surface area contributed by atoms with Crippen molar-refractivity contribution in [2.45, 2.75) is 31.3 Å². The van der Waals surface area contributed by atoms with Gasteiger partial charge >= 0.3 is 12.2 Å². The molecule has 2 amide bonds. The number of hydrogen-bond donors (Lipinski definition) is 3. The first kappa shape index (κ1) is 22.1. The normalized spacial score (nSPS) is 23.1. The molecular formula is C19H17ClF4N6O2. The Morgan fingerprint density at radius 3 is 2.72 bits per heavy atom. The van der Waals surface area contributed by atoms with E-state index in [-0.39, 0.29) is 17.4 Å². The molecule has 170 valence electrons. The van der Waals surface area contributed by atoms with Crippen LogP contribution in [-0.2, 0) is 11.0 Å². The van der Waals surface area contributed by atoms with Gasteiger partial charge in [-0.25, -0.2) is 19.2 Å². The van der Waals surface area contributed by atoms with Gasteiger partial charge in [-0.2, -0.15) is 18.6 Å². The molecule has 0 saturated carbocycles. The number of aromatic nitrogens is 1. The van der Waals surface area contributed by atoms with Gasteiger partial charge in [0.25, 0.3) is 0 Å². The highest BCUT2D eigenvalue weighted by atomic mass is 35.5. The van der Waals surface area contributed by atoms with Gasteiger partial charge in [0.2, 0.25) is 0 Å². The van der Waals surface area contributed by atoms with Crippen LogP contribution in [0.3, 0.4) is 0 Å². The van der Waals surface area contributed by atoms with Crippen molar-refractivity contribution < 1.29 is 27.2 Å². The number of hydrogen-bond acceptors (Lipinski definition) is 6. The Morgan fingerprint density at radius 1 is 1.34 bits per heavy atom. The van der Waals surface area contributed by atoms with Crippen LogP contribution in [0, 0.1) is 5.82 Å². The van der Waals surface area contributed by atoms with E-state index in [4.69, 9.17) is 16.4 Å². The molecule has 1 aromatic carbocycles. The summed E-state index contributed by atoms with van der Waals surface area (Å²) < 4.78 is 51.3. The highest BCUT2D eigenvalue weighted by Crippen LogP contribution is 2.32. The summed E-state index contributed by atoms with van der Waals surface area (Å²) in [7, 11) is 0. The number of rotatable bonds is 5. The van der Waals surface area contributed by atoms with Crippen molar-refractivity contribution in [1.29, 1.82) is 0 Å². The fourth-order valence-corrected chi connectivity index (χ4v) is 3.48. The van der Waals surface area contributed by atoms with E-state index in [1.54, 1.807) is 6.92 Å². The van der Waals surface area contributed by atoms with Gasteiger partial charge in [0.05, 0.1) is 22.8 Å². The van der Waals surface area contributed by atoms with E-state index in [1.165, 1.54) is 29.3 Å². The second-order valence-electron chi connectivity index (χ2n) is 7.38. The molecule has 1 saturated heterocycles. The molecule has 0 unspecified atom stereocenters. The Balaban J connectivity index is 1.36. The van der Waals surface area contributed by atoms with Crippen LogP contribution in [0.2, 0.25) is 5.02 Å². The maximum atomic E-state index is 13.2. The van der Waals surface area contributed by atoms with Gasteiger partial charge in [-0.15, -0.1) is 0 Å². The molecule has 0 bridgehead atoms. The van der Waals surface area contributed by atoms with Gasteiger partial charge in [-0.3, -0.25) is 0 Å². The average molecular weight is 473 g/mol. The number of pyridine rings is 1. The molecule has 1 aromatic heterocycles. The number of benzene rings is 1. The van der Waals surface area contributed by atoms with Crippen LogP contribution in [0.4, 0.5) is 33.9 Å². The summed E-state index contributed by atoms with van der Waals surface area (Å²) in [4.78, 5) is 21.5. The molecule has 13 heteroatoms. The third-order valence-electron chi connectivity index (χ3n) is 4.96. The average Bonchev–Trinajstić information content (AvgIpc) is 3.32. The second kappa shape index (κ2) is 8.10. The Labute approximate surface area is 184 Å². The van der Waals surface area contributed by atoms with Crippen LogP contribution in [0.15, 0.2) is 41.7 Å². The maximum absolute atomic E-state index is 13.2. The number of urea groups is 1. The number of oxime groups is 1. The topological polar surface area (TPSA) is 90.9 Å². The minimum Gasteiger partial charge on any atom is -0.390 e. The number of carbonyl (C=O) groups excluding carboxylic acids is 1. The van der Waals surface area contributed by atoms with Crippen molar-refractivity contribution in [3.63, 3.8) is 0 Å². The third kappa shape index (κ3) is 4.41. The summed E-state index contributed by atoms with van der Waals surface area (Å²) >= 11 is 5.89. The first-order chi connectivity index (χ1) is 15.0. The molecule has 1 fully saturated rings. The van der Waals surface area contributed by atoms with Crippen molar-refractivity contribution >= 4 is 34.8 Å². The predicted octanol–water partition coefficient (Wildman–Crippen LogP) is 3.90. The molecule has 3 heterocycles. The van der Waals surface area contributed by atoms with Crippen molar-refractivity contribution in [3.8, 4) is 0 Å². The SMILES string of the molecule is C[C@@]1(C2=NO[C@@H](CNc3ncc(C(F)(F)F)cc3Cl)C2)NC(=O)N(c2ccc(F)cc2)N1. The minimum atomic E-state index is -4.54. The van der Waals surface area contributed by atoms with Crippen molar-refractivity contribution in [2.24, 2.45) is 5.16 Å². The second-order valence-corrected chi connectivity index (χ2v) is 7.79. The number of halogens is 5. The summed E-state index contributed by atoms with van der Waals surface area (Å²) in [6.07, 6.45) is -4.01. The van der Waals surface area contributed by atoms with Crippen LogP contribution in [0.5, 0.6) is 0 Å². The molecule has 0 spiro atoms. The lowest BCUT2D eigenvalue weighted by atomic mass is 10.0. The standard InChI is InChI=1S/C19H17ClF4N6O2/c1-18(27-17(31)30(29-18)12-4-2-11(21)3-5-12)15-7-13(32-28-15)9-26-16-14(20)6-10(8-25-16)19(22,23)24/h2-6,8,13,29H,7,9H2,1H3,(H,25,26)(H,27,31)/t13-,18-/m1/s1. The first-order valence-corrected chi connectivity index (χ1v) is 9.78. The number of nitrogens with zero attached hydrogens (tertiary/aromatic N) is 3. The fraction of sp³-hybridized carbons (Fsp3) is 0.316. The Morgan fingerprint density at radius 2 is 2.06 bits per heavy atom.